The molecule has 5 heteroatoms. The summed E-state index contributed by atoms with van der Waals surface area (Å²) in [5, 5.41) is 12.3. The molecule has 1 heterocycles. The summed E-state index contributed by atoms with van der Waals surface area (Å²) in [5.74, 6) is -0.0227. The molecular formula is C15H17N3O2. The zero-order valence-electron chi connectivity index (χ0n) is 11.6. The lowest BCUT2D eigenvalue weighted by molar-refractivity contribution is 0.0690. The average Bonchev–Trinajstić information content (AvgIpc) is 2.47. The molecule has 0 unspecified atom stereocenters. The summed E-state index contributed by atoms with van der Waals surface area (Å²) in [5.41, 5.74) is 2.10. The normalized spacial score (nSPS) is 10.3. The van der Waals surface area contributed by atoms with Crippen molar-refractivity contribution in [1.29, 1.82) is 0 Å². The smallest absolute Gasteiger partial charge is 0.354 e. The molecule has 5 nitrogen and oxygen atoms in total. The zero-order valence-corrected chi connectivity index (χ0v) is 11.6. The van der Waals surface area contributed by atoms with Crippen LogP contribution in [0.25, 0.3) is 0 Å². The van der Waals surface area contributed by atoms with Crippen molar-refractivity contribution in [3.05, 3.63) is 47.4 Å². The van der Waals surface area contributed by atoms with Gasteiger partial charge >= 0.3 is 5.97 Å². The minimum absolute atomic E-state index is 0.00771. The number of hydrogen-bond donors (Lipinski definition) is 2. The van der Waals surface area contributed by atoms with E-state index in [0.717, 1.165) is 17.7 Å². The molecule has 0 saturated carbocycles. The predicted octanol–water partition coefficient (Wildman–Crippen LogP) is 3.04. The Balaban J connectivity index is 2.37. The second-order valence-electron chi connectivity index (χ2n) is 4.35. The van der Waals surface area contributed by atoms with Crippen LogP contribution in [-0.4, -0.2) is 21.0 Å². The van der Waals surface area contributed by atoms with Crippen LogP contribution >= 0.6 is 0 Å². The standard InChI is InChI=1S/C15H17N3O2/c1-3-10-7-5-6-8-11(10)16-14-9-12(15(19)20)17-13(4-2)18-14/h5-9H,3-4H2,1-2H3,(H,19,20)(H,16,17,18). The van der Waals surface area contributed by atoms with Gasteiger partial charge in [-0.1, -0.05) is 32.0 Å². The molecule has 1 aromatic carbocycles. The van der Waals surface area contributed by atoms with Crippen molar-refractivity contribution in [2.75, 3.05) is 5.32 Å². The number of rotatable bonds is 5. The van der Waals surface area contributed by atoms with Crippen LogP contribution in [0.4, 0.5) is 11.5 Å². The predicted molar refractivity (Wildman–Crippen MR) is 77.5 cm³/mol. The fourth-order valence-electron chi connectivity index (χ4n) is 1.92. The third-order valence-electron chi connectivity index (χ3n) is 2.97. The minimum atomic E-state index is -1.05. The van der Waals surface area contributed by atoms with Gasteiger partial charge in [-0.2, -0.15) is 0 Å². The number of nitrogens with one attached hydrogen (secondary N) is 1. The molecule has 0 aliphatic carbocycles. The van der Waals surface area contributed by atoms with Gasteiger partial charge in [0.05, 0.1) is 0 Å². The van der Waals surface area contributed by atoms with Gasteiger partial charge < -0.3 is 10.4 Å². The quantitative estimate of drug-likeness (QED) is 0.874. The number of hydrogen-bond acceptors (Lipinski definition) is 4. The lowest BCUT2D eigenvalue weighted by atomic mass is 10.1. The Kier molecular flexibility index (Phi) is 4.30. The van der Waals surface area contributed by atoms with Gasteiger partial charge in [-0.15, -0.1) is 0 Å². The third kappa shape index (κ3) is 3.12. The van der Waals surface area contributed by atoms with Crippen molar-refractivity contribution >= 4 is 17.5 Å². The Bertz CT molecular complexity index is 626. The molecule has 0 spiro atoms. The van der Waals surface area contributed by atoms with Gasteiger partial charge in [-0.3, -0.25) is 0 Å². The summed E-state index contributed by atoms with van der Waals surface area (Å²) in [7, 11) is 0. The van der Waals surface area contributed by atoms with E-state index in [1.807, 2.05) is 31.2 Å². The summed E-state index contributed by atoms with van der Waals surface area (Å²) < 4.78 is 0. The second-order valence-corrected chi connectivity index (χ2v) is 4.35. The number of nitrogens with zero attached hydrogens (tertiary/aromatic N) is 2. The monoisotopic (exact) mass is 271 g/mol. The maximum atomic E-state index is 11.1. The van der Waals surface area contributed by atoms with E-state index in [1.54, 1.807) is 0 Å². The van der Waals surface area contributed by atoms with E-state index in [9.17, 15) is 4.79 Å². The molecule has 0 amide bonds. The second kappa shape index (κ2) is 6.14. The number of aryl methyl sites for hydroxylation is 2. The van der Waals surface area contributed by atoms with Crippen LogP contribution in [0, 0.1) is 0 Å². The highest BCUT2D eigenvalue weighted by Gasteiger charge is 2.10. The SMILES string of the molecule is CCc1nc(Nc2ccccc2CC)cc(C(=O)O)n1. The molecule has 0 fully saturated rings. The van der Waals surface area contributed by atoms with Crippen LogP contribution in [0.5, 0.6) is 0 Å². The molecule has 1 aromatic heterocycles. The summed E-state index contributed by atoms with van der Waals surface area (Å²) in [6.07, 6.45) is 1.48. The third-order valence-corrected chi connectivity index (χ3v) is 2.97. The number of benzene rings is 1. The number of carboxylic acids is 1. The summed E-state index contributed by atoms with van der Waals surface area (Å²) in [4.78, 5) is 19.4. The van der Waals surface area contributed by atoms with Crippen molar-refractivity contribution in [3.8, 4) is 0 Å². The summed E-state index contributed by atoms with van der Waals surface area (Å²) in [6, 6.07) is 9.34. The Morgan fingerprint density at radius 3 is 2.60 bits per heavy atom. The minimum Gasteiger partial charge on any atom is -0.477 e. The molecule has 2 aromatic rings. The molecule has 0 aliphatic rings. The van der Waals surface area contributed by atoms with Crippen LogP contribution < -0.4 is 5.32 Å². The van der Waals surface area contributed by atoms with Gasteiger partial charge in [0.2, 0.25) is 0 Å². The zero-order chi connectivity index (χ0) is 14.5. The largest absolute Gasteiger partial charge is 0.477 e. The molecule has 2 N–H and O–H groups in total. The summed E-state index contributed by atoms with van der Waals surface area (Å²) >= 11 is 0. The number of para-hydroxylation sites is 1. The van der Waals surface area contributed by atoms with Gasteiger partial charge in [0, 0.05) is 18.2 Å². The Morgan fingerprint density at radius 2 is 1.95 bits per heavy atom. The lowest BCUT2D eigenvalue weighted by Crippen LogP contribution is -2.08. The number of carboxylic acid groups (broad SMARTS) is 1. The first kappa shape index (κ1) is 14.0. The van der Waals surface area contributed by atoms with Crippen LogP contribution in [0.15, 0.2) is 30.3 Å². The highest BCUT2D eigenvalue weighted by atomic mass is 16.4. The first-order chi connectivity index (χ1) is 9.63. The van der Waals surface area contributed by atoms with Crippen LogP contribution in [0.1, 0.15) is 35.7 Å². The van der Waals surface area contributed by atoms with Crippen molar-refractivity contribution in [1.82, 2.24) is 9.97 Å². The number of carbonyl (C=O) groups is 1. The average molecular weight is 271 g/mol. The van der Waals surface area contributed by atoms with E-state index < -0.39 is 5.97 Å². The molecule has 0 bridgehead atoms. The first-order valence-corrected chi connectivity index (χ1v) is 6.60. The Labute approximate surface area is 117 Å². The fraction of sp³-hybridized carbons (Fsp3) is 0.267. The number of aromatic nitrogens is 2. The lowest BCUT2D eigenvalue weighted by Gasteiger charge is -2.11. The van der Waals surface area contributed by atoms with Gasteiger partial charge in [0.15, 0.2) is 5.69 Å². The molecule has 0 aliphatic heterocycles. The number of anilines is 2. The molecule has 0 saturated heterocycles. The van der Waals surface area contributed by atoms with Crippen molar-refractivity contribution in [2.45, 2.75) is 26.7 Å². The van der Waals surface area contributed by atoms with Crippen LogP contribution in [-0.2, 0) is 12.8 Å². The molecule has 0 atom stereocenters. The van der Waals surface area contributed by atoms with E-state index in [1.165, 1.54) is 6.07 Å². The van der Waals surface area contributed by atoms with Gasteiger partial charge in [0.25, 0.3) is 0 Å². The summed E-state index contributed by atoms with van der Waals surface area (Å²) in [6.45, 7) is 3.96. The Hall–Kier alpha value is -2.43. The first-order valence-electron chi connectivity index (χ1n) is 6.60. The molecule has 0 radical (unpaired) electrons. The molecule has 20 heavy (non-hydrogen) atoms. The fourth-order valence-corrected chi connectivity index (χ4v) is 1.92. The van der Waals surface area contributed by atoms with Crippen LogP contribution in [0.2, 0.25) is 0 Å². The van der Waals surface area contributed by atoms with Crippen molar-refractivity contribution < 1.29 is 9.90 Å². The van der Waals surface area contributed by atoms with Crippen molar-refractivity contribution in [2.24, 2.45) is 0 Å². The van der Waals surface area contributed by atoms with E-state index in [0.29, 0.717) is 18.1 Å². The molecular weight excluding hydrogens is 254 g/mol. The Morgan fingerprint density at radius 1 is 1.20 bits per heavy atom. The van der Waals surface area contributed by atoms with E-state index in [2.05, 4.69) is 22.2 Å². The van der Waals surface area contributed by atoms with Gasteiger partial charge in [-0.25, -0.2) is 14.8 Å². The van der Waals surface area contributed by atoms with Gasteiger partial charge in [-0.05, 0) is 18.1 Å². The number of aromatic carboxylic acids is 1. The molecule has 104 valence electrons. The van der Waals surface area contributed by atoms with E-state index >= 15 is 0 Å². The topological polar surface area (TPSA) is 75.1 Å². The maximum absolute atomic E-state index is 11.1. The van der Waals surface area contributed by atoms with Gasteiger partial charge in [0.1, 0.15) is 11.6 Å². The highest BCUT2D eigenvalue weighted by molar-refractivity contribution is 5.86. The highest BCUT2D eigenvalue weighted by Crippen LogP contribution is 2.20. The molecule has 2 rings (SSSR count). The van der Waals surface area contributed by atoms with Crippen molar-refractivity contribution in [3.63, 3.8) is 0 Å². The van der Waals surface area contributed by atoms with E-state index in [4.69, 9.17) is 5.11 Å². The van der Waals surface area contributed by atoms with Crippen LogP contribution in [0.3, 0.4) is 0 Å². The van der Waals surface area contributed by atoms with E-state index in [-0.39, 0.29) is 5.69 Å². The maximum Gasteiger partial charge on any atom is 0.354 e.